The van der Waals surface area contributed by atoms with Crippen molar-refractivity contribution in [2.45, 2.75) is 52.7 Å². The van der Waals surface area contributed by atoms with Gasteiger partial charge in [-0.3, -0.25) is 4.79 Å². The number of benzene rings is 1. The Labute approximate surface area is 144 Å². The monoisotopic (exact) mass is 336 g/mol. The molecule has 0 aromatic heterocycles. The molecule has 0 amide bonds. The van der Waals surface area contributed by atoms with Crippen LogP contribution in [0, 0.1) is 11.8 Å². The number of aliphatic hydroxyl groups excluding tert-OH is 1. The molecule has 0 aliphatic rings. The Kier molecular flexibility index (Phi) is 9.08. The fourth-order valence-corrected chi connectivity index (χ4v) is 2.26. The molecule has 2 atom stereocenters. The number of rotatable bonds is 10. The van der Waals surface area contributed by atoms with Crippen LogP contribution in [0.15, 0.2) is 30.3 Å². The Bertz CT molecular complexity index is 498. The van der Waals surface area contributed by atoms with Gasteiger partial charge in [-0.2, -0.15) is 0 Å². The topological polar surface area (TPSA) is 72.8 Å². The normalized spacial score (nSPS) is 13.4. The first-order valence-electron chi connectivity index (χ1n) is 8.51. The van der Waals surface area contributed by atoms with Crippen LogP contribution in [0.4, 0.5) is 0 Å². The lowest BCUT2D eigenvalue weighted by molar-refractivity contribution is -0.168. The Morgan fingerprint density at radius 1 is 1.08 bits per heavy atom. The molecule has 0 aliphatic heterocycles. The largest absolute Gasteiger partial charge is 0.464 e. The molecular weight excluding hydrogens is 308 g/mol. The Morgan fingerprint density at radius 2 is 1.75 bits per heavy atom. The quantitative estimate of drug-likeness (QED) is 0.525. The lowest BCUT2D eigenvalue weighted by atomic mass is 9.92. The third-order valence-corrected chi connectivity index (χ3v) is 3.62. The highest BCUT2D eigenvalue weighted by Gasteiger charge is 2.35. The molecule has 0 radical (unpaired) electrons. The summed E-state index contributed by atoms with van der Waals surface area (Å²) in [4.78, 5) is 24.3. The zero-order valence-corrected chi connectivity index (χ0v) is 14.7. The van der Waals surface area contributed by atoms with Gasteiger partial charge in [-0.1, -0.05) is 57.5 Å². The van der Waals surface area contributed by atoms with Crippen molar-refractivity contribution >= 4 is 11.9 Å². The summed E-state index contributed by atoms with van der Waals surface area (Å²) < 4.78 is 10.3. The van der Waals surface area contributed by atoms with Crippen LogP contribution in [0.25, 0.3) is 0 Å². The maximum Gasteiger partial charge on any atom is 0.335 e. The molecule has 1 aromatic carbocycles. The van der Waals surface area contributed by atoms with Gasteiger partial charge in [-0.15, -0.1) is 0 Å². The smallest absolute Gasteiger partial charge is 0.335 e. The number of carbonyl (C=O) groups excluding carboxylic acids is 2. The van der Waals surface area contributed by atoms with Gasteiger partial charge >= 0.3 is 11.9 Å². The standard InChI is InChI=1S/C19H28O5/c1-4-5-11-23-19(22)17(20)16(12-14(2)3)18(21)24-13-15-9-7-6-8-10-15/h6-10,14,16-17,20H,4-5,11-13H2,1-3H3/t16-,17?/m1/s1. The molecule has 1 unspecified atom stereocenters. The Balaban J connectivity index is 2.65. The van der Waals surface area contributed by atoms with Crippen molar-refractivity contribution < 1.29 is 24.2 Å². The maximum atomic E-state index is 12.3. The first-order valence-corrected chi connectivity index (χ1v) is 8.51. The van der Waals surface area contributed by atoms with Crippen molar-refractivity contribution in [3.8, 4) is 0 Å². The zero-order valence-electron chi connectivity index (χ0n) is 14.7. The number of ether oxygens (including phenoxy) is 2. The molecular formula is C19H28O5. The lowest BCUT2D eigenvalue weighted by Gasteiger charge is -2.22. The summed E-state index contributed by atoms with van der Waals surface area (Å²) >= 11 is 0. The van der Waals surface area contributed by atoms with Gasteiger partial charge in [0.1, 0.15) is 6.61 Å². The van der Waals surface area contributed by atoms with E-state index in [1.807, 2.05) is 51.1 Å². The van der Waals surface area contributed by atoms with E-state index in [0.717, 1.165) is 18.4 Å². The van der Waals surface area contributed by atoms with Crippen molar-refractivity contribution in [2.24, 2.45) is 11.8 Å². The molecule has 0 saturated carbocycles. The highest BCUT2D eigenvalue weighted by atomic mass is 16.6. The molecule has 1 N–H and O–H groups in total. The fraction of sp³-hybridized carbons (Fsp3) is 0.579. The van der Waals surface area contributed by atoms with Gasteiger partial charge in [0.15, 0.2) is 6.10 Å². The van der Waals surface area contributed by atoms with E-state index in [9.17, 15) is 14.7 Å². The molecule has 5 nitrogen and oxygen atoms in total. The summed E-state index contributed by atoms with van der Waals surface area (Å²) in [5, 5.41) is 10.2. The van der Waals surface area contributed by atoms with Crippen LogP contribution < -0.4 is 0 Å². The van der Waals surface area contributed by atoms with E-state index in [0.29, 0.717) is 6.42 Å². The van der Waals surface area contributed by atoms with Crippen LogP contribution in [0.5, 0.6) is 0 Å². The molecule has 0 saturated heterocycles. The van der Waals surface area contributed by atoms with E-state index in [4.69, 9.17) is 9.47 Å². The van der Waals surface area contributed by atoms with Crippen LogP contribution in [0.1, 0.15) is 45.6 Å². The predicted octanol–water partition coefficient (Wildman–Crippen LogP) is 3.10. The maximum absolute atomic E-state index is 12.3. The molecule has 0 spiro atoms. The first-order chi connectivity index (χ1) is 11.5. The van der Waals surface area contributed by atoms with Gasteiger partial charge in [0.25, 0.3) is 0 Å². The number of carbonyl (C=O) groups is 2. The third kappa shape index (κ3) is 7.13. The summed E-state index contributed by atoms with van der Waals surface area (Å²) in [5.74, 6) is -2.11. The van der Waals surface area contributed by atoms with Crippen LogP contribution in [0.3, 0.4) is 0 Å². The van der Waals surface area contributed by atoms with Gasteiger partial charge in [0.2, 0.25) is 0 Å². The molecule has 5 heteroatoms. The summed E-state index contributed by atoms with van der Waals surface area (Å²) in [7, 11) is 0. The molecule has 134 valence electrons. The molecule has 0 heterocycles. The van der Waals surface area contributed by atoms with Gasteiger partial charge in [0.05, 0.1) is 12.5 Å². The van der Waals surface area contributed by atoms with Crippen LogP contribution in [-0.2, 0) is 25.7 Å². The summed E-state index contributed by atoms with van der Waals surface area (Å²) in [5.41, 5.74) is 0.856. The molecule has 0 bridgehead atoms. The van der Waals surface area contributed by atoms with E-state index >= 15 is 0 Å². The van der Waals surface area contributed by atoms with E-state index in [1.165, 1.54) is 0 Å². The van der Waals surface area contributed by atoms with Crippen molar-refractivity contribution in [1.29, 1.82) is 0 Å². The first kappa shape index (κ1) is 20.2. The average Bonchev–Trinajstić information content (AvgIpc) is 2.57. The number of hydrogen-bond acceptors (Lipinski definition) is 5. The van der Waals surface area contributed by atoms with Gasteiger partial charge in [0, 0.05) is 0 Å². The highest BCUT2D eigenvalue weighted by Crippen LogP contribution is 2.19. The molecule has 1 aromatic rings. The molecule has 24 heavy (non-hydrogen) atoms. The fourth-order valence-electron chi connectivity index (χ4n) is 2.26. The lowest BCUT2D eigenvalue weighted by Crippen LogP contribution is -2.38. The van der Waals surface area contributed by atoms with E-state index < -0.39 is 24.0 Å². The van der Waals surface area contributed by atoms with Crippen molar-refractivity contribution in [3.05, 3.63) is 35.9 Å². The van der Waals surface area contributed by atoms with Crippen LogP contribution in [-0.4, -0.2) is 29.8 Å². The summed E-state index contributed by atoms with van der Waals surface area (Å²) in [6.45, 7) is 6.19. The van der Waals surface area contributed by atoms with Crippen LogP contribution >= 0.6 is 0 Å². The predicted molar refractivity (Wildman–Crippen MR) is 91.1 cm³/mol. The Hall–Kier alpha value is -1.88. The number of esters is 2. The van der Waals surface area contributed by atoms with Gasteiger partial charge in [-0.05, 0) is 24.3 Å². The second kappa shape index (κ2) is 10.8. The minimum Gasteiger partial charge on any atom is -0.464 e. The zero-order chi connectivity index (χ0) is 17.9. The number of aliphatic hydroxyl groups is 1. The minimum atomic E-state index is -1.49. The number of hydrogen-bond donors (Lipinski definition) is 1. The van der Waals surface area contributed by atoms with Crippen molar-refractivity contribution in [3.63, 3.8) is 0 Å². The number of unbranched alkanes of at least 4 members (excludes halogenated alkanes) is 1. The highest BCUT2D eigenvalue weighted by molar-refractivity contribution is 5.83. The van der Waals surface area contributed by atoms with E-state index in [2.05, 4.69) is 0 Å². The Morgan fingerprint density at radius 3 is 2.33 bits per heavy atom. The summed E-state index contributed by atoms with van der Waals surface area (Å²) in [6, 6.07) is 9.28. The van der Waals surface area contributed by atoms with Crippen LogP contribution in [0.2, 0.25) is 0 Å². The second-order valence-electron chi connectivity index (χ2n) is 6.30. The average molecular weight is 336 g/mol. The van der Waals surface area contributed by atoms with Crippen molar-refractivity contribution in [2.75, 3.05) is 6.61 Å². The molecule has 0 fully saturated rings. The summed E-state index contributed by atoms with van der Waals surface area (Å²) in [6.07, 6.45) is 0.481. The molecule has 0 aliphatic carbocycles. The van der Waals surface area contributed by atoms with Gasteiger partial charge < -0.3 is 14.6 Å². The molecule has 1 rings (SSSR count). The second-order valence-corrected chi connectivity index (χ2v) is 6.30. The van der Waals surface area contributed by atoms with Gasteiger partial charge in [-0.25, -0.2) is 4.79 Å². The van der Waals surface area contributed by atoms with E-state index in [-0.39, 0.29) is 19.1 Å². The third-order valence-electron chi connectivity index (χ3n) is 3.62. The van der Waals surface area contributed by atoms with E-state index in [1.54, 1.807) is 0 Å². The SMILES string of the molecule is CCCCOC(=O)C(O)[C@@H](CC(C)C)C(=O)OCc1ccccc1. The minimum absolute atomic E-state index is 0.117. The van der Waals surface area contributed by atoms with Crippen molar-refractivity contribution in [1.82, 2.24) is 0 Å².